The lowest BCUT2D eigenvalue weighted by Gasteiger charge is -2.16. The summed E-state index contributed by atoms with van der Waals surface area (Å²) in [6.45, 7) is 0.350. The molecule has 1 fully saturated rings. The highest BCUT2D eigenvalue weighted by Gasteiger charge is 2.26. The summed E-state index contributed by atoms with van der Waals surface area (Å²) < 4.78 is 5.52. The zero-order valence-corrected chi connectivity index (χ0v) is 10.9. The van der Waals surface area contributed by atoms with Crippen LogP contribution in [-0.2, 0) is 11.4 Å². The summed E-state index contributed by atoms with van der Waals surface area (Å²) in [6.07, 6.45) is 1.47. The summed E-state index contributed by atoms with van der Waals surface area (Å²) >= 11 is 0. The predicted molar refractivity (Wildman–Crippen MR) is 70.3 cm³/mol. The summed E-state index contributed by atoms with van der Waals surface area (Å²) in [4.78, 5) is 22.2. The second kappa shape index (κ2) is 6.33. The zero-order valence-electron chi connectivity index (χ0n) is 10.9. The van der Waals surface area contributed by atoms with Crippen LogP contribution in [0.5, 0.6) is 5.75 Å². The van der Waals surface area contributed by atoms with Gasteiger partial charge in [0.1, 0.15) is 0 Å². The van der Waals surface area contributed by atoms with E-state index in [2.05, 4.69) is 5.32 Å². The Morgan fingerprint density at radius 1 is 1.45 bits per heavy atom. The van der Waals surface area contributed by atoms with Crippen molar-refractivity contribution >= 4 is 11.6 Å². The number of ether oxygens (including phenoxy) is 1. The maximum atomic E-state index is 11.8. The first-order valence-corrected chi connectivity index (χ1v) is 6.44. The fraction of sp³-hybridized carbons (Fsp3) is 0.462. The molecule has 1 unspecified atom stereocenters. The van der Waals surface area contributed by atoms with Crippen molar-refractivity contribution in [2.45, 2.75) is 32.0 Å². The van der Waals surface area contributed by atoms with Crippen LogP contribution in [0.2, 0.25) is 0 Å². The summed E-state index contributed by atoms with van der Waals surface area (Å²) in [5.74, 6) is -0.241. The van der Waals surface area contributed by atoms with Gasteiger partial charge in [0.2, 0.25) is 0 Å². The minimum Gasteiger partial charge on any atom is -0.473 e. The minimum atomic E-state index is -0.731. The van der Waals surface area contributed by atoms with Gasteiger partial charge in [-0.3, -0.25) is 14.9 Å². The Hall–Kier alpha value is -2.15. The van der Waals surface area contributed by atoms with Crippen LogP contribution >= 0.6 is 0 Å². The van der Waals surface area contributed by atoms with E-state index in [0.717, 1.165) is 12.8 Å². The van der Waals surface area contributed by atoms with Gasteiger partial charge in [0.15, 0.2) is 11.9 Å². The number of benzene rings is 1. The summed E-state index contributed by atoms with van der Waals surface area (Å²) in [5, 5.41) is 22.8. The number of carbonyl (C=O) groups excluding carboxylic acids is 1. The predicted octanol–water partition coefficient (Wildman–Crippen LogP) is 1.13. The molecule has 1 saturated heterocycles. The molecule has 1 atom stereocenters. The largest absolute Gasteiger partial charge is 0.473 e. The number of carbonyl (C=O) groups is 1. The summed E-state index contributed by atoms with van der Waals surface area (Å²) in [7, 11) is 0. The summed E-state index contributed by atoms with van der Waals surface area (Å²) in [5.41, 5.74) is 0.291. The molecule has 1 heterocycles. The first-order valence-electron chi connectivity index (χ1n) is 6.44. The van der Waals surface area contributed by atoms with E-state index in [9.17, 15) is 14.9 Å². The molecule has 1 aliphatic heterocycles. The Bertz CT molecular complexity index is 517. The highest BCUT2D eigenvalue weighted by molar-refractivity contribution is 5.81. The molecule has 1 aromatic rings. The molecule has 0 aromatic heterocycles. The number of nitrogens with one attached hydrogen (secondary N) is 1. The summed E-state index contributed by atoms with van der Waals surface area (Å²) in [6, 6.07) is 4.13. The van der Waals surface area contributed by atoms with Crippen LogP contribution in [-0.4, -0.2) is 28.6 Å². The molecule has 0 bridgehead atoms. The molecule has 0 spiro atoms. The molecule has 0 radical (unpaired) electrons. The van der Waals surface area contributed by atoms with E-state index < -0.39 is 11.0 Å². The number of nitro benzene ring substituents is 1. The Balaban J connectivity index is 2.25. The molecule has 2 rings (SSSR count). The van der Waals surface area contributed by atoms with Gasteiger partial charge in [-0.2, -0.15) is 0 Å². The fourth-order valence-electron chi connectivity index (χ4n) is 2.08. The quantitative estimate of drug-likeness (QED) is 0.636. The van der Waals surface area contributed by atoms with Gasteiger partial charge in [-0.25, -0.2) is 0 Å². The van der Waals surface area contributed by atoms with E-state index >= 15 is 0 Å². The average Bonchev–Trinajstić information content (AvgIpc) is 2.64. The van der Waals surface area contributed by atoms with E-state index in [1.54, 1.807) is 0 Å². The van der Waals surface area contributed by atoms with Gasteiger partial charge < -0.3 is 15.2 Å². The van der Waals surface area contributed by atoms with E-state index in [1.807, 2.05) is 0 Å². The van der Waals surface area contributed by atoms with Crippen molar-refractivity contribution < 1.29 is 19.6 Å². The molecule has 7 heteroatoms. The molecular formula is C13H16N2O5. The van der Waals surface area contributed by atoms with Crippen LogP contribution in [0.4, 0.5) is 5.69 Å². The van der Waals surface area contributed by atoms with Gasteiger partial charge in [0.25, 0.3) is 5.91 Å². The third-order valence-electron chi connectivity index (χ3n) is 3.16. The Morgan fingerprint density at radius 3 is 2.95 bits per heavy atom. The van der Waals surface area contributed by atoms with E-state index in [4.69, 9.17) is 9.84 Å². The maximum absolute atomic E-state index is 11.8. The number of aliphatic hydroxyl groups is 1. The zero-order chi connectivity index (χ0) is 14.5. The van der Waals surface area contributed by atoms with Gasteiger partial charge in [0, 0.05) is 12.6 Å². The lowest BCUT2D eigenvalue weighted by Crippen LogP contribution is -2.36. The van der Waals surface area contributed by atoms with Crippen LogP contribution in [0.1, 0.15) is 24.8 Å². The van der Waals surface area contributed by atoms with Crippen molar-refractivity contribution in [1.29, 1.82) is 0 Å². The number of nitrogens with zero attached hydrogens (tertiary/aromatic N) is 1. The topological polar surface area (TPSA) is 102 Å². The van der Waals surface area contributed by atoms with E-state index in [0.29, 0.717) is 18.5 Å². The van der Waals surface area contributed by atoms with Crippen molar-refractivity contribution in [2.24, 2.45) is 0 Å². The molecule has 2 N–H and O–H groups in total. The third kappa shape index (κ3) is 3.24. The Labute approximate surface area is 115 Å². The van der Waals surface area contributed by atoms with Gasteiger partial charge >= 0.3 is 5.69 Å². The number of hydrogen-bond acceptors (Lipinski definition) is 5. The normalized spacial score (nSPS) is 19.1. The number of hydrogen-bond donors (Lipinski definition) is 2. The second-order valence-corrected chi connectivity index (χ2v) is 4.61. The molecule has 20 heavy (non-hydrogen) atoms. The van der Waals surface area contributed by atoms with Gasteiger partial charge in [0.05, 0.1) is 11.5 Å². The molecule has 7 nitrogen and oxygen atoms in total. The molecule has 0 aliphatic carbocycles. The standard InChI is InChI=1S/C13H16N2O5/c16-8-9-4-5-10(15(18)19)12(7-9)20-11-3-1-2-6-14-13(11)17/h4-5,7,11,16H,1-3,6,8H2,(H,14,17). The minimum absolute atomic E-state index is 0.0172. The van der Waals surface area contributed by atoms with Gasteiger partial charge in [-0.15, -0.1) is 0 Å². The number of aliphatic hydroxyl groups excluding tert-OH is 1. The van der Waals surface area contributed by atoms with Crippen LogP contribution in [0.15, 0.2) is 18.2 Å². The van der Waals surface area contributed by atoms with Crippen molar-refractivity contribution in [1.82, 2.24) is 5.32 Å². The van der Waals surface area contributed by atoms with E-state index in [-0.39, 0.29) is 24.0 Å². The van der Waals surface area contributed by atoms with Crippen molar-refractivity contribution in [3.8, 4) is 5.75 Å². The van der Waals surface area contributed by atoms with Crippen molar-refractivity contribution in [3.05, 3.63) is 33.9 Å². The second-order valence-electron chi connectivity index (χ2n) is 4.61. The van der Waals surface area contributed by atoms with Gasteiger partial charge in [-0.05, 0) is 37.0 Å². The first-order chi connectivity index (χ1) is 9.61. The highest BCUT2D eigenvalue weighted by Crippen LogP contribution is 2.30. The van der Waals surface area contributed by atoms with Crippen LogP contribution in [0.3, 0.4) is 0 Å². The molecule has 1 aliphatic rings. The molecule has 0 saturated carbocycles. The molecule has 1 amide bonds. The van der Waals surface area contributed by atoms with E-state index in [1.165, 1.54) is 18.2 Å². The first kappa shape index (κ1) is 14.3. The fourth-order valence-corrected chi connectivity index (χ4v) is 2.08. The Morgan fingerprint density at radius 2 is 2.25 bits per heavy atom. The lowest BCUT2D eigenvalue weighted by atomic mass is 10.1. The smallest absolute Gasteiger partial charge is 0.310 e. The average molecular weight is 280 g/mol. The highest BCUT2D eigenvalue weighted by atomic mass is 16.6. The molecule has 1 aromatic carbocycles. The van der Waals surface area contributed by atoms with Crippen LogP contribution < -0.4 is 10.1 Å². The lowest BCUT2D eigenvalue weighted by molar-refractivity contribution is -0.386. The van der Waals surface area contributed by atoms with Crippen LogP contribution in [0.25, 0.3) is 0 Å². The molecule has 108 valence electrons. The number of rotatable bonds is 4. The van der Waals surface area contributed by atoms with Crippen LogP contribution in [0, 0.1) is 10.1 Å². The molecular weight excluding hydrogens is 264 g/mol. The van der Waals surface area contributed by atoms with Crippen molar-refractivity contribution in [3.63, 3.8) is 0 Å². The SMILES string of the molecule is O=C1NCCCCC1Oc1cc(CO)ccc1[N+](=O)[O-]. The number of nitro groups is 1. The van der Waals surface area contributed by atoms with Gasteiger partial charge in [-0.1, -0.05) is 0 Å². The maximum Gasteiger partial charge on any atom is 0.310 e. The number of amides is 1. The third-order valence-corrected chi connectivity index (χ3v) is 3.16. The van der Waals surface area contributed by atoms with Crippen molar-refractivity contribution in [2.75, 3.05) is 6.54 Å². The monoisotopic (exact) mass is 280 g/mol. The Kier molecular flexibility index (Phi) is 4.52.